The predicted molar refractivity (Wildman–Crippen MR) is 73.4 cm³/mol. The van der Waals surface area contributed by atoms with Crippen molar-refractivity contribution in [3.8, 4) is 0 Å². The molecule has 110 valence electrons. The van der Waals surface area contributed by atoms with Crippen LogP contribution in [0.1, 0.15) is 25.7 Å². The number of anilines is 1. The standard InChI is InChI=1S/C14H21N3O3/c18-14(11-4-6-19-10-11)16-12-7-15-17(8-12)9-13-3-1-2-5-20-13/h7-8,11,13H,1-6,9-10H2,(H,16,18)/t11-,13+/m1/s1. The molecule has 0 bridgehead atoms. The van der Waals surface area contributed by atoms with Gasteiger partial charge >= 0.3 is 0 Å². The quantitative estimate of drug-likeness (QED) is 0.905. The Hall–Kier alpha value is -1.40. The molecule has 0 aromatic carbocycles. The highest BCUT2D eigenvalue weighted by Gasteiger charge is 2.24. The van der Waals surface area contributed by atoms with Crippen molar-refractivity contribution in [1.29, 1.82) is 0 Å². The van der Waals surface area contributed by atoms with Crippen LogP contribution in [0.25, 0.3) is 0 Å². The molecular weight excluding hydrogens is 258 g/mol. The highest BCUT2D eigenvalue weighted by atomic mass is 16.5. The van der Waals surface area contributed by atoms with E-state index in [1.807, 2.05) is 10.9 Å². The van der Waals surface area contributed by atoms with E-state index in [0.29, 0.717) is 13.2 Å². The lowest BCUT2D eigenvalue weighted by Gasteiger charge is -2.22. The summed E-state index contributed by atoms with van der Waals surface area (Å²) in [5.74, 6) is -0.00371. The number of aromatic nitrogens is 2. The SMILES string of the molecule is O=C(Nc1cnn(C[C@@H]2CCCCO2)c1)[C@@H]1CCOC1. The van der Waals surface area contributed by atoms with Crippen LogP contribution in [0.15, 0.2) is 12.4 Å². The molecule has 1 N–H and O–H groups in total. The van der Waals surface area contributed by atoms with Crippen molar-refractivity contribution in [2.45, 2.75) is 38.3 Å². The van der Waals surface area contributed by atoms with Crippen LogP contribution >= 0.6 is 0 Å². The van der Waals surface area contributed by atoms with Crippen LogP contribution in [-0.2, 0) is 20.8 Å². The zero-order valence-corrected chi connectivity index (χ0v) is 11.6. The number of hydrogen-bond acceptors (Lipinski definition) is 4. The second kappa shape index (κ2) is 6.37. The minimum atomic E-state index is -0.0278. The van der Waals surface area contributed by atoms with Gasteiger partial charge in [-0.15, -0.1) is 0 Å². The molecule has 3 heterocycles. The van der Waals surface area contributed by atoms with Gasteiger partial charge in [0.2, 0.25) is 5.91 Å². The summed E-state index contributed by atoms with van der Waals surface area (Å²) in [4.78, 5) is 12.0. The van der Waals surface area contributed by atoms with Crippen molar-refractivity contribution in [2.75, 3.05) is 25.1 Å². The first kappa shape index (κ1) is 13.6. The van der Waals surface area contributed by atoms with Crippen molar-refractivity contribution in [2.24, 2.45) is 5.92 Å². The van der Waals surface area contributed by atoms with Crippen molar-refractivity contribution >= 4 is 11.6 Å². The number of nitrogens with one attached hydrogen (secondary N) is 1. The lowest BCUT2D eigenvalue weighted by atomic mass is 10.1. The highest BCUT2D eigenvalue weighted by molar-refractivity contribution is 5.92. The van der Waals surface area contributed by atoms with E-state index >= 15 is 0 Å². The maximum absolute atomic E-state index is 12.0. The van der Waals surface area contributed by atoms with Crippen LogP contribution in [-0.4, -0.2) is 41.6 Å². The Labute approximate surface area is 118 Å². The van der Waals surface area contributed by atoms with E-state index in [9.17, 15) is 4.79 Å². The number of carbonyl (C=O) groups excluding carboxylic acids is 1. The van der Waals surface area contributed by atoms with Gasteiger partial charge in [0.15, 0.2) is 0 Å². The van der Waals surface area contributed by atoms with Crippen molar-refractivity contribution in [3.05, 3.63) is 12.4 Å². The molecule has 3 rings (SSSR count). The van der Waals surface area contributed by atoms with Crippen LogP contribution in [0.2, 0.25) is 0 Å². The zero-order valence-electron chi connectivity index (χ0n) is 11.6. The second-order valence-corrected chi connectivity index (χ2v) is 5.49. The average molecular weight is 279 g/mol. The summed E-state index contributed by atoms with van der Waals surface area (Å²) in [6, 6.07) is 0. The molecule has 2 aliphatic rings. The molecule has 2 saturated heterocycles. The van der Waals surface area contributed by atoms with E-state index in [-0.39, 0.29) is 17.9 Å². The van der Waals surface area contributed by atoms with Crippen LogP contribution < -0.4 is 5.32 Å². The molecule has 2 aliphatic heterocycles. The monoisotopic (exact) mass is 279 g/mol. The van der Waals surface area contributed by atoms with Gasteiger partial charge in [0.05, 0.1) is 37.1 Å². The fourth-order valence-electron chi connectivity index (χ4n) is 2.67. The first-order valence-corrected chi connectivity index (χ1v) is 7.34. The summed E-state index contributed by atoms with van der Waals surface area (Å²) in [6.07, 6.45) is 8.06. The molecule has 1 aromatic rings. The van der Waals surface area contributed by atoms with E-state index in [0.717, 1.165) is 38.1 Å². The Morgan fingerprint density at radius 1 is 1.40 bits per heavy atom. The first-order chi connectivity index (χ1) is 9.81. The molecular formula is C14H21N3O3. The van der Waals surface area contributed by atoms with Crippen LogP contribution in [0.3, 0.4) is 0 Å². The molecule has 2 atom stereocenters. The summed E-state index contributed by atoms with van der Waals surface area (Å²) in [7, 11) is 0. The summed E-state index contributed by atoms with van der Waals surface area (Å²) in [5.41, 5.74) is 0.748. The fraction of sp³-hybridized carbons (Fsp3) is 0.714. The third kappa shape index (κ3) is 3.37. The molecule has 0 saturated carbocycles. The number of amides is 1. The number of carbonyl (C=O) groups is 1. The lowest BCUT2D eigenvalue weighted by Crippen LogP contribution is -2.24. The Kier molecular flexibility index (Phi) is 4.32. The topological polar surface area (TPSA) is 65.4 Å². The molecule has 2 fully saturated rings. The molecule has 0 radical (unpaired) electrons. The van der Waals surface area contributed by atoms with Gasteiger partial charge in [-0.2, -0.15) is 5.10 Å². The van der Waals surface area contributed by atoms with E-state index in [1.54, 1.807) is 6.20 Å². The van der Waals surface area contributed by atoms with Gasteiger partial charge in [0, 0.05) is 19.4 Å². The third-order valence-electron chi connectivity index (χ3n) is 3.87. The third-order valence-corrected chi connectivity index (χ3v) is 3.87. The number of nitrogens with zero attached hydrogens (tertiary/aromatic N) is 2. The largest absolute Gasteiger partial charge is 0.381 e. The normalized spacial score (nSPS) is 26.6. The van der Waals surface area contributed by atoms with Crippen molar-refractivity contribution in [1.82, 2.24) is 9.78 Å². The van der Waals surface area contributed by atoms with Crippen molar-refractivity contribution < 1.29 is 14.3 Å². The second-order valence-electron chi connectivity index (χ2n) is 5.49. The van der Waals surface area contributed by atoms with E-state index in [1.165, 1.54) is 6.42 Å². The van der Waals surface area contributed by atoms with Gasteiger partial charge in [-0.05, 0) is 25.7 Å². The fourth-order valence-corrected chi connectivity index (χ4v) is 2.67. The highest BCUT2D eigenvalue weighted by Crippen LogP contribution is 2.17. The molecule has 0 unspecified atom stereocenters. The molecule has 6 heteroatoms. The van der Waals surface area contributed by atoms with Gasteiger partial charge in [-0.3, -0.25) is 9.48 Å². The molecule has 0 aliphatic carbocycles. The predicted octanol–water partition coefficient (Wildman–Crippen LogP) is 1.43. The van der Waals surface area contributed by atoms with Gasteiger partial charge in [0.1, 0.15) is 0 Å². The van der Waals surface area contributed by atoms with Gasteiger partial charge in [-0.1, -0.05) is 0 Å². The van der Waals surface area contributed by atoms with E-state index < -0.39 is 0 Å². The van der Waals surface area contributed by atoms with Gasteiger partial charge in [-0.25, -0.2) is 0 Å². The molecule has 1 amide bonds. The smallest absolute Gasteiger partial charge is 0.229 e. The molecule has 6 nitrogen and oxygen atoms in total. The van der Waals surface area contributed by atoms with E-state index in [4.69, 9.17) is 9.47 Å². The Morgan fingerprint density at radius 2 is 2.35 bits per heavy atom. The summed E-state index contributed by atoms with van der Waals surface area (Å²) >= 11 is 0. The maximum atomic E-state index is 12.0. The Morgan fingerprint density at radius 3 is 3.10 bits per heavy atom. The van der Waals surface area contributed by atoms with Crippen LogP contribution in [0, 0.1) is 5.92 Å². The molecule has 20 heavy (non-hydrogen) atoms. The summed E-state index contributed by atoms with van der Waals surface area (Å²) < 4.78 is 12.8. The minimum Gasteiger partial charge on any atom is -0.381 e. The zero-order chi connectivity index (χ0) is 13.8. The van der Waals surface area contributed by atoms with E-state index in [2.05, 4.69) is 10.4 Å². The number of hydrogen-bond donors (Lipinski definition) is 1. The average Bonchev–Trinajstić information content (AvgIpc) is 3.11. The van der Waals surface area contributed by atoms with Gasteiger partial charge < -0.3 is 14.8 Å². The van der Waals surface area contributed by atoms with Crippen molar-refractivity contribution in [3.63, 3.8) is 0 Å². The lowest BCUT2D eigenvalue weighted by molar-refractivity contribution is -0.119. The maximum Gasteiger partial charge on any atom is 0.229 e. The summed E-state index contributed by atoms with van der Waals surface area (Å²) in [6.45, 7) is 2.80. The number of ether oxygens (including phenoxy) is 2. The Bertz CT molecular complexity index is 448. The molecule has 0 spiro atoms. The van der Waals surface area contributed by atoms with Crippen LogP contribution in [0.5, 0.6) is 0 Å². The Balaban J connectivity index is 1.52. The van der Waals surface area contributed by atoms with Crippen LogP contribution in [0.4, 0.5) is 5.69 Å². The summed E-state index contributed by atoms with van der Waals surface area (Å²) in [5, 5.41) is 7.18. The number of rotatable bonds is 4. The minimum absolute atomic E-state index is 0.0240. The first-order valence-electron chi connectivity index (χ1n) is 7.34. The molecule has 1 aromatic heterocycles. The van der Waals surface area contributed by atoms with Gasteiger partial charge in [0.25, 0.3) is 0 Å².